The molecule has 0 unspecified atom stereocenters. The molecule has 0 spiro atoms. The van der Waals surface area contributed by atoms with Gasteiger partial charge in [-0.25, -0.2) is 0 Å². The first kappa shape index (κ1) is 87.5. The van der Waals surface area contributed by atoms with E-state index in [4.69, 9.17) is 0 Å². The first-order valence-electron chi connectivity index (χ1n) is 34.5. The largest absolute Gasteiger partial charge is 4.00 e. The van der Waals surface area contributed by atoms with Crippen molar-refractivity contribution in [3.05, 3.63) is 48.6 Å². The van der Waals surface area contributed by atoms with E-state index < -0.39 is 23.9 Å². The van der Waals surface area contributed by atoms with Crippen LogP contribution >= 0.6 is 0 Å². The Morgan fingerprint density at radius 3 is 0.432 bits per heavy atom. The molecule has 0 aromatic heterocycles. The van der Waals surface area contributed by atoms with Crippen LogP contribution in [0.2, 0.25) is 0 Å². The van der Waals surface area contributed by atoms with E-state index in [1.807, 2.05) is 0 Å². The molecule has 9 heteroatoms. The van der Waals surface area contributed by atoms with Crippen molar-refractivity contribution >= 4 is 23.9 Å². The van der Waals surface area contributed by atoms with Crippen molar-refractivity contribution in [2.24, 2.45) is 0 Å². The Bertz CT molecular complexity index is 1140. The molecule has 0 N–H and O–H groups in total. The van der Waals surface area contributed by atoms with Crippen molar-refractivity contribution in [1.82, 2.24) is 0 Å². The van der Waals surface area contributed by atoms with Gasteiger partial charge in [-0.2, -0.15) is 0 Å². The molecule has 0 atom stereocenters. The van der Waals surface area contributed by atoms with Crippen LogP contribution in [-0.2, 0) is 45.4 Å². The molecule has 0 saturated heterocycles. The van der Waals surface area contributed by atoms with Crippen LogP contribution in [0.15, 0.2) is 48.6 Å². The summed E-state index contributed by atoms with van der Waals surface area (Å²) in [5, 5.41) is 40.9. The summed E-state index contributed by atoms with van der Waals surface area (Å²) >= 11 is 0. The molecule has 0 aromatic rings. The predicted molar refractivity (Wildman–Crippen MR) is 338 cm³/mol. The third-order valence-electron chi connectivity index (χ3n) is 14.6. The van der Waals surface area contributed by atoms with Gasteiger partial charge in [0.25, 0.3) is 0 Å². The number of carboxylic acid groups (broad SMARTS) is 4. The van der Waals surface area contributed by atoms with E-state index >= 15 is 0 Å². The van der Waals surface area contributed by atoms with E-state index in [1.54, 1.807) is 0 Å². The number of hydrogen-bond donors (Lipinski definition) is 0. The maximum atomic E-state index is 10.2. The van der Waals surface area contributed by atoms with E-state index in [0.29, 0.717) is 0 Å². The summed E-state index contributed by atoms with van der Waals surface area (Å²) in [6.45, 7) is 9.02. The van der Waals surface area contributed by atoms with Gasteiger partial charge < -0.3 is 39.6 Å². The summed E-state index contributed by atoms with van der Waals surface area (Å²) in [4.78, 5) is 40.9. The molecule has 0 amide bonds. The van der Waals surface area contributed by atoms with Gasteiger partial charge in [-0.3, -0.25) is 0 Å². The number of carbonyl (C=O) groups excluding carboxylic acids is 4. The van der Waals surface area contributed by atoms with Crippen molar-refractivity contribution in [2.45, 2.75) is 387 Å². The van der Waals surface area contributed by atoms with Crippen molar-refractivity contribution in [3.8, 4) is 0 Å². The van der Waals surface area contributed by atoms with Crippen LogP contribution < -0.4 is 20.4 Å². The topological polar surface area (TPSA) is 161 Å². The summed E-state index contributed by atoms with van der Waals surface area (Å²) < 4.78 is 0. The Hall–Kier alpha value is -2.28. The molecule has 0 bridgehead atoms. The van der Waals surface area contributed by atoms with Gasteiger partial charge in [-0.15, -0.1) is 0 Å². The molecule has 8 nitrogen and oxygen atoms in total. The number of allylic oxidation sites excluding steroid dienone is 8. The van der Waals surface area contributed by atoms with Crippen LogP contribution in [0.1, 0.15) is 387 Å². The number of hydrogen-bond acceptors (Lipinski definition) is 8. The maximum absolute atomic E-state index is 10.2. The molecule has 0 aliphatic rings. The van der Waals surface area contributed by atoms with Gasteiger partial charge in [-0.1, -0.05) is 282 Å². The van der Waals surface area contributed by atoms with Crippen molar-refractivity contribution in [1.29, 1.82) is 0 Å². The third kappa shape index (κ3) is 103. The smallest absolute Gasteiger partial charge is 0.550 e. The molecule has 81 heavy (non-hydrogen) atoms. The van der Waals surface area contributed by atoms with Gasteiger partial charge in [0.1, 0.15) is 0 Å². The minimum Gasteiger partial charge on any atom is -0.550 e. The Kier molecular flexibility index (Phi) is 90.9. The second kappa shape index (κ2) is 84.2. The zero-order valence-corrected chi connectivity index (χ0v) is 56.4. The third-order valence-corrected chi connectivity index (χ3v) is 14.6. The summed E-state index contributed by atoms with van der Waals surface area (Å²) in [6.07, 6.45) is 83.6. The number of aliphatic carboxylic acids is 4. The van der Waals surface area contributed by atoms with Gasteiger partial charge in [0.05, 0.1) is 0 Å². The molecule has 0 aliphatic heterocycles. The van der Waals surface area contributed by atoms with Crippen LogP contribution in [0.25, 0.3) is 0 Å². The molecule has 0 saturated carbocycles. The molecular weight excluding hydrogens is 1080 g/mol. The second-order valence-corrected chi connectivity index (χ2v) is 22.8. The minimum atomic E-state index is -0.914. The average molecular weight is 1220 g/mol. The van der Waals surface area contributed by atoms with Gasteiger partial charge in [0.2, 0.25) is 0 Å². The SMILES string of the molecule is CCCCCCCCC=CCCCCCCCC(=O)[O-].CCCCCCCCC=CCCCCCCCC(=O)[O-].CCCCCCCCC=CCCCCCCCC(=O)[O-].CCCCCCCCC=CCCCCCCCC(=O)[O-].[Zr+4]. The van der Waals surface area contributed by atoms with Gasteiger partial charge in [0.15, 0.2) is 0 Å². The maximum Gasteiger partial charge on any atom is 4.00 e. The van der Waals surface area contributed by atoms with E-state index in [9.17, 15) is 39.6 Å². The van der Waals surface area contributed by atoms with Crippen molar-refractivity contribution in [3.63, 3.8) is 0 Å². The van der Waals surface area contributed by atoms with Gasteiger partial charge >= 0.3 is 26.2 Å². The number of carboxylic acids is 4. The van der Waals surface area contributed by atoms with Crippen molar-refractivity contribution < 1.29 is 65.8 Å². The Balaban J connectivity index is -0.000000316. The van der Waals surface area contributed by atoms with Crippen LogP contribution in [0.3, 0.4) is 0 Å². The van der Waals surface area contributed by atoms with Gasteiger partial charge in [0, 0.05) is 23.9 Å². The van der Waals surface area contributed by atoms with E-state index in [0.717, 1.165) is 77.0 Å². The van der Waals surface area contributed by atoms with E-state index in [-0.39, 0.29) is 51.9 Å². The van der Waals surface area contributed by atoms with Crippen LogP contribution in [-0.4, -0.2) is 23.9 Å². The van der Waals surface area contributed by atoms with Crippen LogP contribution in [0.5, 0.6) is 0 Å². The molecule has 0 fully saturated rings. The standard InChI is InChI=1S/4C18H34O2.Zr/c4*1-2-3-4-5-6-7-8-9-10-11-12-13-14-15-16-17-18(19)20;/h4*9-10H,2-8,11-17H2,1H3,(H,19,20);/q;;;;+4/p-4. The fourth-order valence-electron chi connectivity index (χ4n) is 9.36. The first-order valence-corrected chi connectivity index (χ1v) is 34.5. The van der Waals surface area contributed by atoms with E-state index in [1.165, 1.54) is 257 Å². The van der Waals surface area contributed by atoms with Gasteiger partial charge in [-0.05, 0) is 154 Å². The monoisotopic (exact) mass is 1210 g/mol. The fraction of sp³-hybridized carbons (Fsp3) is 0.833. The van der Waals surface area contributed by atoms with Crippen LogP contribution in [0.4, 0.5) is 0 Å². The Morgan fingerprint density at radius 1 is 0.198 bits per heavy atom. The second-order valence-electron chi connectivity index (χ2n) is 22.8. The van der Waals surface area contributed by atoms with Crippen LogP contribution in [0, 0.1) is 0 Å². The summed E-state index contributed by atoms with van der Waals surface area (Å²) in [5.41, 5.74) is 0. The minimum absolute atomic E-state index is 0. The fourth-order valence-corrected chi connectivity index (χ4v) is 9.36. The van der Waals surface area contributed by atoms with Crippen molar-refractivity contribution in [2.75, 3.05) is 0 Å². The summed E-state index contributed by atoms with van der Waals surface area (Å²) in [6, 6.07) is 0. The first-order chi connectivity index (χ1) is 39.1. The van der Waals surface area contributed by atoms with E-state index in [2.05, 4.69) is 76.3 Å². The average Bonchev–Trinajstić information content (AvgIpc) is 3.43. The molecule has 472 valence electrons. The zero-order valence-electron chi connectivity index (χ0n) is 54.0. The number of carbonyl (C=O) groups is 4. The summed E-state index contributed by atoms with van der Waals surface area (Å²) in [7, 11) is 0. The molecule has 0 aliphatic carbocycles. The Labute approximate surface area is 522 Å². The molecular formula is C72H132O8Zr. The molecule has 0 aromatic carbocycles. The zero-order chi connectivity index (χ0) is 59.6. The summed E-state index contributed by atoms with van der Waals surface area (Å²) in [5.74, 6) is -3.66. The number of rotatable bonds is 60. The predicted octanol–water partition coefficient (Wildman–Crippen LogP) is 19.1. The Morgan fingerprint density at radius 2 is 0.309 bits per heavy atom. The number of unbranched alkanes of at least 4 members (excludes halogenated alkanes) is 44. The normalized spacial score (nSPS) is 11.1. The molecule has 0 radical (unpaired) electrons. The molecule has 0 heterocycles. The quantitative estimate of drug-likeness (QED) is 0.0430. The molecule has 0 rings (SSSR count).